The average Bonchev–Trinajstić information content (AvgIpc) is 2.87. The third-order valence-electron chi connectivity index (χ3n) is 5.70. The number of nitrogens with zero attached hydrogens (tertiary/aromatic N) is 1. The van der Waals surface area contributed by atoms with Gasteiger partial charge >= 0.3 is 6.09 Å². The molecule has 0 aliphatic rings. The Morgan fingerprint density at radius 2 is 1.62 bits per heavy atom. The first-order valence-corrected chi connectivity index (χ1v) is 12.5. The van der Waals surface area contributed by atoms with Crippen molar-refractivity contribution in [1.29, 1.82) is 0 Å². The molecule has 0 heterocycles. The van der Waals surface area contributed by atoms with Gasteiger partial charge in [0, 0.05) is 12.2 Å². The van der Waals surface area contributed by atoms with E-state index in [-0.39, 0.29) is 6.54 Å². The Hall–Kier alpha value is -4.66. The molecule has 0 aromatic heterocycles. The fourth-order valence-corrected chi connectivity index (χ4v) is 4.10. The van der Waals surface area contributed by atoms with Gasteiger partial charge in [-0.1, -0.05) is 66.7 Å². The molecule has 4 amide bonds. The summed E-state index contributed by atoms with van der Waals surface area (Å²) in [5.74, 6) is -1.98. The summed E-state index contributed by atoms with van der Waals surface area (Å²) in [4.78, 5) is 53.2. The summed E-state index contributed by atoms with van der Waals surface area (Å²) < 4.78 is 5.27. The summed E-state index contributed by atoms with van der Waals surface area (Å²) in [6.45, 7) is 8.70. The number of hydrogen-bond donors (Lipinski definition) is 3. The molecule has 3 aromatic carbocycles. The van der Waals surface area contributed by atoms with Crippen molar-refractivity contribution in [1.82, 2.24) is 10.2 Å². The summed E-state index contributed by atoms with van der Waals surface area (Å²) in [6.07, 6.45) is 0.0865. The molecule has 2 unspecified atom stereocenters. The number of hydrogen-bond acceptors (Lipinski definition) is 5. The lowest BCUT2D eigenvalue weighted by molar-refractivity contribution is -0.141. The lowest BCUT2D eigenvalue weighted by Gasteiger charge is -2.33. The number of benzene rings is 3. The number of primary amides is 1. The van der Waals surface area contributed by atoms with Crippen LogP contribution in [0.15, 0.2) is 85.5 Å². The topological polar surface area (TPSA) is 131 Å². The number of carbonyl (C=O) groups is 4. The van der Waals surface area contributed by atoms with Gasteiger partial charge in [-0.25, -0.2) is 4.79 Å². The van der Waals surface area contributed by atoms with Crippen molar-refractivity contribution in [3.63, 3.8) is 0 Å². The standard InChI is InChI=1S/C30H34N4O5/c1-5-17-34(28(37)24(19-25(31)35)33-29(38)39-30(2,3)4)26(21-12-7-6-8-13-21)27(36)32-23-16-15-20-11-9-10-14-22(20)18-23/h5-16,18,24,26H,1,17,19H2,2-4H3,(H2,31,35)(H,32,36)(H,33,38). The van der Waals surface area contributed by atoms with Gasteiger partial charge < -0.3 is 26.0 Å². The first-order chi connectivity index (χ1) is 18.5. The maximum atomic E-state index is 13.8. The molecule has 0 aliphatic heterocycles. The van der Waals surface area contributed by atoms with Crippen molar-refractivity contribution in [2.75, 3.05) is 11.9 Å². The minimum absolute atomic E-state index is 0.0468. The van der Waals surface area contributed by atoms with E-state index in [1.807, 2.05) is 36.4 Å². The van der Waals surface area contributed by atoms with Crippen LogP contribution < -0.4 is 16.4 Å². The SMILES string of the molecule is C=CCN(C(=O)C(CC(N)=O)NC(=O)OC(C)(C)C)C(C(=O)Nc1ccc2ccccc2c1)c1ccccc1. The Morgan fingerprint density at radius 3 is 2.23 bits per heavy atom. The highest BCUT2D eigenvalue weighted by Gasteiger charge is 2.36. The van der Waals surface area contributed by atoms with Crippen molar-refractivity contribution in [2.24, 2.45) is 5.73 Å². The summed E-state index contributed by atoms with van der Waals surface area (Å²) in [6, 6.07) is 19.5. The average molecular weight is 531 g/mol. The van der Waals surface area contributed by atoms with Gasteiger partial charge in [0.05, 0.1) is 6.42 Å². The number of rotatable bonds is 10. The molecule has 9 heteroatoms. The van der Waals surface area contributed by atoms with Crippen LogP contribution in [0.25, 0.3) is 10.8 Å². The Morgan fingerprint density at radius 1 is 0.974 bits per heavy atom. The highest BCUT2D eigenvalue weighted by Crippen LogP contribution is 2.26. The van der Waals surface area contributed by atoms with E-state index >= 15 is 0 Å². The zero-order chi connectivity index (χ0) is 28.6. The highest BCUT2D eigenvalue weighted by atomic mass is 16.6. The molecule has 0 saturated heterocycles. The van der Waals surface area contributed by atoms with Crippen molar-refractivity contribution in [3.05, 3.63) is 91.0 Å². The van der Waals surface area contributed by atoms with Crippen LogP contribution in [0.4, 0.5) is 10.5 Å². The molecule has 0 radical (unpaired) electrons. The third kappa shape index (κ3) is 8.16. The molecule has 204 valence electrons. The Kier molecular flexibility index (Phi) is 9.43. The predicted octanol–water partition coefficient (Wildman–Crippen LogP) is 4.30. The minimum atomic E-state index is -1.36. The summed E-state index contributed by atoms with van der Waals surface area (Å²) in [5.41, 5.74) is 5.64. The number of anilines is 1. The Labute approximate surface area is 228 Å². The van der Waals surface area contributed by atoms with Crippen LogP contribution in [0.3, 0.4) is 0 Å². The van der Waals surface area contributed by atoms with Gasteiger partial charge in [0.25, 0.3) is 5.91 Å². The van der Waals surface area contributed by atoms with Gasteiger partial charge in [0.1, 0.15) is 17.7 Å². The number of nitrogens with two attached hydrogens (primary N) is 1. The molecular weight excluding hydrogens is 496 g/mol. The highest BCUT2D eigenvalue weighted by molar-refractivity contribution is 6.01. The van der Waals surface area contributed by atoms with Crippen molar-refractivity contribution >= 4 is 40.3 Å². The Balaban J connectivity index is 1.97. The predicted molar refractivity (Wildman–Crippen MR) is 151 cm³/mol. The molecular formula is C30H34N4O5. The molecule has 3 rings (SSSR count). The first kappa shape index (κ1) is 28.9. The molecule has 9 nitrogen and oxygen atoms in total. The van der Waals surface area contributed by atoms with E-state index in [0.29, 0.717) is 11.3 Å². The molecule has 3 aromatic rings. The second-order valence-corrected chi connectivity index (χ2v) is 10.0. The van der Waals surface area contributed by atoms with E-state index in [1.54, 1.807) is 57.2 Å². The van der Waals surface area contributed by atoms with E-state index in [2.05, 4.69) is 17.2 Å². The van der Waals surface area contributed by atoms with Crippen LogP contribution in [0.1, 0.15) is 38.8 Å². The summed E-state index contributed by atoms with van der Waals surface area (Å²) in [7, 11) is 0. The Bertz CT molecular complexity index is 1350. The van der Waals surface area contributed by atoms with Crippen LogP contribution in [-0.4, -0.2) is 46.9 Å². The molecule has 0 fully saturated rings. The monoisotopic (exact) mass is 530 g/mol. The van der Waals surface area contributed by atoms with Gasteiger partial charge in [0.2, 0.25) is 11.8 Å². The largest absolute Gasteiger partial charge is 0.444 e. The normalized spacial score (nSPS) is 12.6. The van der Waals surface area contributed by atoms with Crippen molar-refractivity contribution in [3.8, 4) is 0 Å². The summed E-state index contributed by atoms with van der Waals surface area (Å²) in [5, 5.41) is 7.30. The van der Waals surface area contributed by atoms with E-state index in [9.17, 15) is 19.2 Å². The smallest absolute Gasteiger partial charge is 0.408 e. The third-order valence-corrected chi connectivity index (χ3v) is 5.70. The molecule has 0 spiro atoms. The lowest BCUT2D eigenvalue weighted by atomic mass is 10.0. The van der Waals surface area contributed by atoms with Crippen LogP contribution in [0.5, 0.6) is 0 Å². The van der Waals surface area contributed by atoms with Crippen molar-refractivity contribution in [2.45, 2.75) is 44.9 Å². The molecule has 0 aliphatic carbocycles. The lowest BCUT2D eigenvalue weighted by Crippen LogP contribution is -2.53. The van der Waals surface area contributed by atoms with Crippen LogP contribution in [0.2, 0.25) is 0 Å². The number of alkyl carbamates (subject to hydrolysis) is 1. The van der Waals surface area contributed by atoms with Crippen LogP contribution >= 0.6 is 0 Å². The second-order valence-electron chi connectivity index (χ2n) is 10.0. The molecule has 4 N–H and O–H groups in total. The zero-order valence-corrected chi connectivity index (χ0v) is 22.3. The van der Waals surface area contributed by atoms with E-state index in [0.717, 1.165) is 10.8 Å². The van der Waals surface area contributed by atoms with Crippen molar-refractivity contribution < 1.29 is 23.9 Å². The van der Waals surface area contributed by atoms with Crippen LogP contribution in [-0.2, 0) is 19.1 Å². The number of amides is 4. The molecule has 0 bridgehead atoms. The second kappa shape index (κ2) is 12.7. The number of carbonyl (C=O) groups excluding carboxylic acids is 4. The maximum Gasteiger partial charge on any atom is 0.408 e. The summed E-state index contributed by atoms with van der Waals surface area (Å²) >= 11 is 0. The van der Waals surface area contributed by atoms with Gasteiger partial charge in [-0.05, 0) is 49.2 Å². The van der Waals surface area contributed by atoms with E-state index < -0.39 is 47.9 Å². The number of fused-ring (bicyclic) bond motifs is 1. The number of nitrogens with one attached hydrogen (secondary N) is 2. The van der Waals surface area contributed by atoms with Crippen LogP contribution in [0, 0.1) is 0 Å². The first-order valence-electron chi connectivity index (χ1n) is 12.5. The zero-order valence-electron chi connectivity index (χ0n) is 22.3. The molecule has 39 heavy (non-hydrogen) atoms. The fourth-order valence-electron chi connectivity index (χ4n) is 4.10. The quantitative estimate of drug-likeness (QED) is 0.336. The van der Waals surface area contributed by atoms with Gasteiger partial charge in [-0.2, -0.15) is 0 Å². The molecule has 2 atom stereocenters. The number of ether oxygens (including phenoxy) is 1. The maximum absolute atomic E-state index is 13.8. The minimum Gasteiger partial charge on any atom is -0.444 e. The molecule has 0 saturated carbocycles. The fraction of sp³-hybridized carbons (Fsp3) is 0.267. The van der Waals surface area contributed by atoms with Gasteiger partial charge in [0.15, 0.2) is 0 Å². The van der Waals surface area contributed by atoms with Gasteiger partial charge in [-0.15, -0.1) is 6.58 Å². The van der Waals surface area contributed by atoms with Gasteiger partial charge in [-0.3, -0.25) is 14.4 Å². The van der Waals surface area contributed by atoms with E-state index in [4.69, 9.17) is 10.5 Å². The van der Waals surface area contributed by atoms with E-state index in [1.165, 1.54) is 11.0 Å².